The second-order valence-corrected chi connectivity index (χ2v) is 5.38. The number of nitro benzene ring substituents is 1. The van der Waals surface area contributed by atoms with Crippen molar-refractivity contribution in [1.29, 1.82) is 0 Å². The van der Waals surface area contributed by atoms with E-state index in [-0.39, 0.29) is 11.7 Å². The first kappa shape index (κ1) is 14.7. The Morgan fingerprint density at radius 2 is 2.30 bits per heavy atom. The van der Waals surface area contributed by atoms with Crippen molar-refractivity contribution in [3.05, 3.63) is 34.1 Å². The van der Waals surface area contributed by atoms with E-state index in [1.807, 2.05) is 6.92 Å². The molecule has 0 amide bonds. The van der Waals surface area contributed by atoms with Crippen molar-refractivity contribution in [3.63, 3.8) is 0 Å². The van der Waals surface area contributed by atoms with Gasteiger partial charge in [0.25, 0.3) is 5.69 Å². The van der Waals surface area contributed by atoms with Crippen LogP contribution in [0.4, 0.5) is 15.8 Å². The number of nitrogens with one attached hydrogen (secondary N) is 2. The number of rotatable bonds is 5. The second-order valence-electron chi connectivity index (χ2n) is 5.38. The molecule has 6 heteroatoms. The van der Waals surface area contributed by atoms with Crippen molar-refractivity contribution in [1.82, 2.24) is 5.32 Å². The molecule has 1 saturated heterocycles. The van der Waals surface area contributed by atoms with Gasteiger partial charge < -0.3 is 10.6 Å². The maximum atomic E-state index is 13.3. The Bertz CT molecular complexity index is 475. The van der Waals surface area contributed by atoms with Crippen LogP contribution in [0.3, 0.4) is 0 Å². The summed E-state index contributed by atoms with van der Waals surface area (Å²) in [5, 5.41) is 17.3. The number of nitro groups is 1. The largest absolute Gasteiger partial charge is 0.382 e. The van der Waals surface area contributed by atoms with Gasteiger partial charge in [-0.1, -0.05) is 6.42 Å². The highest BCUT2D eigenvalue weighted by Gasteiger charge is 2.17. The smallest absolute Gasteiger partial charge is 0.274 e. The van der Waals surface area contributed by atoms with E-state index in [0.717, 1.165) is 25.5 Å². The molecule has 0 aliphatic carbocycles. The monoisotopic (exact) mass is 281 g/mol. The number of piperidine rings is 1. The molecule has 1 aliphatic heterocycles. The fraction of sp³-hybridized carbons (Fsp3) is 0.571. The van der Waals surface area contributed by atoms with Gasteiger partial charge in [-0.2, -0.15) is 0 Å². The molecule has 0 spiro atoms. The lowest BCUT2D eigenvalue weighted by Crippen LogP contribution is -2.37. The van der Waals surface area contributed by atoms with E-state index in [2.05, 4.69) is 10.6 Å². The number of anilines is 1. The molecular formula is C14H20FN3O2. The van der Waals surface area contributed by atoms with E-state index in [1.54, 1.807) is 0 Å². The third-order valence-electron chi connectivity index (χ3n) is 3.56. The minimum atomic E-state index is -0.593. The van der Waals surface area contributed by atoms with E-state index in [0.29, 0.717) is 11.7 Å². The predicted octanol–water partition coefficient (Wildman–Crippen LogP) is 3.07. The van der Waals surface area contributed by atoms with Gasteiger partial charge in [-0.3, -0.25) is 10.1 Å². The summed E-state index contributed by atoms with van der Waals surface area (Å²) in [6.45, 7) is 3.05. The molecule has 1 heterocycles. The first-order valence-corrected chi connectivity index (χ1v) is 6.99. The Hall–Kier alpha value is -1.69. The molecule has 0 bridgehead atoms. The fourth-order valence-corrected chi connectivity index (χ4v) is 2.66. The molecule has 2 atom stereocenters. The fourth-order valence-electron chi connectivity index (χ4n) is 2.66. The summed E-state index contributed by atoms with van der Waals surface area (Å²) in [6, 6.07) is 4.19. The Morgan fingerprint density at radius 1 is 1.50 bits per heavy atom. The van der Waals surface area contributed by atoms with Crippen LogP contribution in [0.15, 0.2) is 18.2 Å². The van der Waals surface area contributed by atoms with E-state index in [9.17, 15) is 14.5 Å². The van der Waals surface area contributed by atoms with Crippen LogP contribution in [-0.4, -0.2) is 23.6 Å². The van der Waals surface area contributed by atoms with Crippen LogP contribution in [0.1, 0.15) is 32.6 Å². The van der Waals surface area contributed by atoms with Crippen LogP contribution in [0.25, 0.3) is 0 Å². The highest BCUT2D eigenvalue weighted by molar-refractivity contribution is 5.52. The van der Waals surface area contributed by atoms with Gasteiger partial charge >= 0.3 is 0 Å². The third kappa shape index (κ3) is 4.16. The van der Waals surface area contributed by atoms with Gasteiger partial charge in [0.05, 0.1) is 11.0 Å². The lowest BCUT2D eigenvalue weighted by Gasteiger charge is -2.27. The normalized spacial score (nSPS) is 20.4. The SMILES string of the molecule is CC(CC1CCCCN1)Nc1cc(F)cc([N+](=O)[O-])c1. The lowest BCUT2D eigenvalue weighted by atomic mass is 9.98. The Morgan fingerprint density at radius 3 is 2.95 bits per heavy atom. The van der Waals surface area contributed by atoms with Gasteiger partial charge in [-0.25, -0.2) is 4.39 Å². The number of nitrogens with zero attached hydrogens (tertiary/aromatic N) is 1. The van der Waals surface area contributed by atoms with Gasteiger partial charge in [-0.15, -0.1) is 0 Å². The van der Waals surface area contributed by atoms with Gasteiger partial charge in [0, 0.05) is 23.8 Å². The minimum absolute atomic E-state index is 0.131. The van der Waals surface area contributed by atoms with Crippen LogP contribution in [0.2, 0.25) is 0 Å². The molecule has 2 N–H and O–H groups in total. The van der Waals surface area contributed by atoms with Crippen molar-refractivity contribution >= 4 is 11.4 Å². The van der Waals surface area contributed by atoms with Crippen LogP contribution in [0.5, 0.6) is 0 Å². The van der Waals surface area contributed by atoms with E-state index >= 15 is 0 Å². The molecule has 5 nitrogen and oxygen atoms in total. The number of benzene rings is 1. The third-order valence-corrected chi connectivity index (χ3v) is 3.56. The Kier molecular flexibility index (Phi) is 4.89. The number of halogens is 1. The molecule has 1 aliphatic rings. The zero-order valence-electron chi connectivity index (χ0n) is 11.6. The molecule has 20 heavy (non-hydrogen) atoms. The van der Waals surface area contributed by atoms with Crippen molar-refractivity contribution in [3.8, 4) is 0 Å². The summed E-state index contributed by atoms with van der Waals surface area (Å²) in [5.74, 6) is -0.593. The van der Waals surface area contributed by atoms with E-state index < -0.39 is 10.7 Å². The van der Waals surface area contributed by atoms with Crippen molar-refractivity contribution < 1.29 is 9.31 Å². The first-order valence-electron chi connectivity index (χ1n) is 6.99. The minimum Gasteiger partial charge on any atom is -0.382 e. The topological polar surface area (TPSA) is 67.2 Å². The molecule has 1 fully saturated rings. The van der Waals surface area contributed by atoms with Crippen LogP contribution in [0, 0.1) is 15.9 Å². The average Bonchev–Trinajstić information content (AvgIpc) is 2.38. The maximum absolute atomic E-state index is 13.3. The molecule has 2 rings (SSSR count). The van der Waals surface area contributed by atoms with Gasteiger partial charge in [-0.05, 0) is 38.8 Å². The van der Waals surface area contributed by atoms with Gasteiger partial charge in [0.1, 0.15) is 5.82 Å². The molecule has 0 aromatic heterocycles. The van der Waals surface area contributed by atoms with Gasteiger partial charge in [0.15, 0.2) is 0 Å². The van der Waals surface area contributed by atoms with Crippen molar-refractivity contribution in [2.45, 2.75) is 44.7 Å². The summed E-state index contributed by atoms with van der Waals surface area (Å²) in [6.07, 6.45) is 4.52. The predicted molar refractivity (Wildman–Crippen MR) is 76.4 cm³/mol. The number of non-ortho nitro benzene ring substituents is 1. The summed E-state index contributed by atoms with van der Waals surface area (Å²) in [7, 11) is 0. The van der Waals surface area contributed by atoms with E-state index in [4.69, 9.17) is 0 Å². The maximum Gasteiger partial charge on any atom is 0.274 e. The summed E-state index contributed by atoms with van der Waals surface area (Å²) < 4.78 is 13.3. The highest BCUT2D eigenvalue weighted by atomic mass is 19.1. The Balaban J connectivity index is 1.96. The van der Waals surface area contributed by atoms with Crippen LogP contribution in [-0.2, 0) is 0 Å². The summed E-state index contributed by atoms with van der Waals surface area (Å²) >= 11 is 0. The molecule has 0 radical (unpaired) electrons. The van der Waals surface area contributed by atoms with Crippen molar-refractivity contribution in [2.24, 2.45) is 0 Å². The first-order chi connectivity index (χ1) is 9.54. The zero-order chi connectivity index (χ0) is 14.5. The molecule has 0 saturated carbocycles. The van der Waals surface area contributed by atoms with E-state index in [1.165, 1.54) is 25.0 Å². The van der Waals surface area contributed by atoms with Gasteiger partial charge in [0.2, 0.25) is 0 Å². The molecule has 1 aromatic rings. The average molecular weight is 281 g/mol. The Labute approximate surface area is 117 Å². The zero-order valence-corrected chi connectivity index (χ0v) is 11.6. The van der Waals surface area contributed by atoms with Crippen LogP contribution < -0.4 is 10.6 Å². The quantitative estimate of drug-likeness (QED) is 0.643. The lowest BCUT2D eigenvalue weighted by molar-refractivity contribution is -0.385. The summed E-state index contributed by atoms with van der Waals surface area (Å²) in [4.78, 5) is 10.1. The molecule has 2 unspecified atom stereocenters. The second kappa shape index (κ2) is 6.65. The number of hydrogen-bond donors (Lipinski definition) is 2. The standard InChI is InChI=1S/C14H20FN3O2/c1-10(6-12-4-2-3-5-16-12)17-13-7-11(15)8-14(9-13)18(19)20/h7-10,12,16-17H,2-6H2,1H3. The molecular weight excluding hydrogens is 261 g/mol. The molecule has 110 valence electrons. The van der Waals surface area contributed by atoms with Crippen LogP contribution >= 0.6 is 0 Å². The number of hydrogen-bond acceptors (Lipinski definition) is 4. The molecule has 1 aromatic carbocycles. The summed E-state index contributed by atoms with van der Waals surface area (Å²) in [5.41, 5.74) is 0.232. The van der Waals surface area contributed by atoms with Crippen molar-refractivity contribution in [2.75, 3.05) is 11.9 Å². The highest BCUT2D eigenvalue weighted by Crippen LogP contribution is 2.22.